The van der Waals surface area contributed by atoms with Crippen LogP contribution in [-0.2, 0) is 21.3 Å². The van der Waals surface area contributed by atoms with Crippen molar-refractivity contribution in [3.8, 4) is 11.1 Å². The molecule has 0 nitrogen and oxygen atoms in total. The van der Waals surface area contributed by atoms with Gasteiger partial charge in [-0.2, -0.15) is 0 Å². The third-order valence-corrected chi connectivity index (χ3v) is 14.1. The summed E-state index contributed by atoms with van der Waals surface area (Å²) in [6.45, 7) is 2.41. The summed E-state index contributed by atoms with van der Waals surface area (Å²) in [6.07, 6.45) is 8.16. The minimum Gasteiger partial charge on any atom is -0.269 e. The first kappa shape index (κ1) is 21.5. The molecule has 3 heteroatoms. The summed E-state index contributed by atoms with van der Waals surface area (Å²) in [5, 5.41) is 0. The van der Waals surface area contributed by atoms with Gasteiger partial charge in [0, 0.05) is 0 Å². The molecular formula is C26H24F2Zr. The van der Waals surface area contributed by atoms with Gasteiger partial charge in [-0.3, -0.25) is 9.41 Å². The van der Waals surface area contributed by atoms with Gasteiger partial charge in [0.15, 0.2) is 0 Å². The number of benzene rings is 3. The number of halogens is 2. The maximum absolute atomic E-state index is 2.42. The Kier molecular flexibility index (Phi) is 6.70. The summed E-state index contributed by atoms with van der Waals surface area (Å²) in [4.78, 5) is 0. The molecule has 0 heterocycles. The van der Waals surface area contributed by atoms with Crippen molar-refractivity contribution >= 4 is 3.21 Å². The molecule has 0 fully saturated rings. The molecule has 0 amide bonds. The van der Waals surface area contributed by atoms with Gasteiger partial charge in [-0.25, -0.2) is 0 Å². The van der Waals surface area contributed by atoms with Crippen LogP contribution in [0.4, 0.5) is 9.41 Å². The fourth-order valence-corrected chi connectivity index (χ4v) is 13.2. The fraction of sp³-hybridized carbons (Fsp3) is 0.115. The smallest absolute Gasteiger partial charge is 0.269 e. The van der Waals surface area contributed by atoms with E-state index in [2.05, 4.69) is 104 Å². The molecular weight excluding hydrogens is 442 g/mol. The van der Waals surface area contributed by atoms with E-state index in [0.717, 1.165) is 6.42 Å². The molecule has 3 aromatic carbocycles. The number of hydrogen-bond donors (Lipinski definition) is 0. The van der Waals surface area contributed by atoms with Gasteiger partial charge < -0.3 is 0 Å². The van der Waals surface area contributed by atoms with E-state index in [4.69, 9.17) is 0 Å². The van der Waals surface area contributed by atoms with Crippen molar-refractivity contribution in [2.45, 2.75) is 17.0 Å². The van der Waals surface area contributed by atoms with Gasteiger partial charge >= 0.3 is 170 Å². The van der Waals surface area contributed by atoms with E-state index in [-0.39, 0.29) is 9.41 Å². The van der Waals surface area contributed by atoms with Gasteiger partial charge in [-0.1, -0.05) is 0 Å². The third kappa shape index (κ3) is 3.69. The van der Waals surface area contributed by atoms with Crippen molar-refractivity contribution in [3.05, 3.63) is 117 Å². The van der Waals surface area contributed by atoms with Crippen molar-refractivity contribution in [1.82, 2.24) is 0 Å². The van der Waals surface area contributed by atoms with Crippen LogP contribution in [0.25, 0.3) is 11.1 Å². The van der Waals surface area contributed by atoms with Crippen LogP contribution in [0.15, 0.2) is 100 Å². The van der Waals surface area contributed by atoms with E-state index in [0.29, 0.717) is 3.63 Å². The Balaban J connectivity index is 0.00000120. The first-order valence-corrected chi connectivity index (χ1v) is 13.5. The Bertz CT molecular complexity index is 1060. The predicted molar refractivity (Wildman–Crippen MR) is 117 cm³/mol. The van der Waals surface area contributed by atoms with Crippen molar-refractivity contribution in [2.24, 2.45) is 0 Å². The average molecular weight is 466 g/mol. The first-order chi connectivity index (χ1) is 13.3. The standard InChI is InChI=1S/C13H9.C8H8.C5H5.2FH.Zr/c1-3-7-12-10(5-1)9-11-6-2-4-8-13(11)12;1-2-8-6-4-3-5-7-8;1-2-4-5-3-1;;;/h1-9H;3-7H,1H3;1-3H,4H2;2*1H;. The monoisotopic (exact) mass is 464 g/mol. The van der Waals surface area contributed by atoms with Crippen molar-refractivity contribution in [3.63, 3.8) is 0 Å². The second-order valence-electron chi connectivity index (χ2n) is 7.34. The van der Waals surface area contributed by atoms with Gasteiger partial charge in [-0.05, 0) is 0 Å². The molecule has 0 spiro atoms. The van der Waals surface area contributed by atoms with Crippen LogP contribution in [0.3, 0.4) is 0 Å². The van der Waals surface area contributed by atoms with Gasteiger partial charge in [0.1, 0.15) is 0 Å². The summed E-state index contributed by atoms with van der Waals surface area (Å²) >= 11 is -2.17. The summed E-state index contributed by atoms with van der Waals surface area (Å²) in [5.74, 6) is 0. The van der Waals surface area contributed by atoms with E-state index < -0.39 is 21.3 Å². The molecule has 0 radical (unpaired) electrons. The molecule has 0 atom stereocenters. The molecule has 0 aromatic heterocycles. The third-order valence-electron chi connectivity index (χ3n) is 5.85. The quantitative estimate of drug-likeness (QED) is 0.401. The Hall–Kier alpha value is -2.25. The second kappa shape index (κ2) is 9.05. The molecule has 5 rings (SSSR count). The van der Waals surface area contributed by atoms with Gasteiger partial charge in [0.2, 0.25) is 0 Å². The molecule has 0 aliphatic heterocycles. The molecule has 0 saturated heterocycles. The van der Waals surface area contributed by atoms with Gasteiger partial charge in [-0.15, -0.1) is 0 Å². The normalized spacial score (nSPS) is 14.9. The van der Waals surface area contributed by atoms with Crippen LogP contribution >= 0.6 is 0 Å². The van der Waals surface area contributed by atoms with Gasteiger partial charge in [0.25, 0.3) is 0 Å². The maximum Gasteiger partial charge on any atom is -0.269 e. The number of hydrogen-bond acceptors (Lipinski definition) is 0. The Morgan fingerprint density at radius 2 is 1.31 bits per heavy atom. The van der Waals surface area contributed by atoms with Crippen LogP contribution < -0.4 is 0 Å². The zero-order valence-electron chi connectivity index (χ0n) is 16.3. The van der Waals surface area contributed by atoms with Crippen LogP contribution in [0.2, 0.25) is 0 Å². The van der Waals surface area contributed by atoms with Crippen molar-refractivity contribution in [2.75, 3.05) is 0 Å². The van der Waals surface area contributed by atoms with Gasteiger partial charge in [0.05, 0.1) is 0 Å². The maximum atomic E-state index is 2.42. The number of allylic oxidation sites excluding steroid dienone is 4. The van der Waals surface area contributed by atoms with E-state index in [1.54, 1.807) is 17.6 Å². The topological polar surface area (TPSA) is 0 Å². The molecule has 0 saturated carbocycles. The molecule has 0 unspecified atom stereocenters. The minimum atomic E-state index is -2.17. The van der Waals surface area contributed by atoms with Crippen LogP contribution in [-0.4, -0.2) is 3.21 Å². The molecule has 0 bridgehead atoms. The Morgan fingerprint density at radius 3 is 1.86 bits per heavy atom. The summed E-state index contributed by atoms with van der Waals surface area (Å²) < 4.78 is 3.95. The SMILES string of the molecule is C/[C](c1ccccc1)=[Zr](/[C]1=CC=CC1)[CH]1c2ccccc2-c2ccccc21.F.F. The molecule has 2 aliphatic rings. The first-order valence-electron chi connectivity index (χ1n) is 9.65. The summed E-state index contributed by atoms with van der Waals surface area (Å²) in [6, 6.07) is 29.3. The average Bonchev–Trinajstić information content (AvgIpc) is 3.37. The van der Waals surface area contributed by atoms with Crippen LogP contribution in [0, 0.1) is 0 Å². The fourth-order valence-electron chi connectivity index (χ4n) is 4.60. The zero-order valence-corrected chi connectivity index (χ0v) is 18.8. The molecule has 29 heavy (non-hydrogen) atoms. The minimum absolute atomic E-state index is 0. The summed E-state index contributed by atoms with van der Waals surface area (Å²) in [7, 11) is 0. The van der Waals surface area contributed by atoms with Crippen LogP contribution in [0.5, 0.6) is 0 Å². The molecule has 3 aromatic rings. The zero-order chi connectivity index (χ0) is 18.2. The van der Waals surface area contributed by atoms with E-state index in [1.165, 1.54) is 16.7 Å². The number of rotatable bonds is 3. The van der Waals surface area contributed by atoms with Crippen LogP contribution in [0.1, 0.15) is 33.7 Å². The predicted octanol–water partition coefficient (Wildman–Crippen LogP) is 6.76. The molecule has 2 aliphatic carbocycles. The van der Waals surface area contributed by atoms with E-state index in [9.17, 15) is 0 Å². The molecule has 146 valence electrons. The Labute approximate surface area is 178 Å². The largest absolute Gasteiger partial charge is 0.269 e. The number of fused-ring (bicyclic) bond motifs is 3. The van der Waals surface area contributed by atoms with E-state index >= 15 is 0 Å². The summed E-state index contributed by atoms with van der Waals surface area (Å²) in [5.41, 5.74) is 7.43. The van der Waals surface area contributed by atoms with Crippen molar-refractivity contribution in [1.29, 1.82) is 0 Å². The van der Waals surface area contributed by atoms with E-state index in [1.807, 2.05) is 0 Å². The molecule has 0 N–H and O–H groups in total. The second-order valence-corrected chi connectivity index (χ2v) is 14.2. The van der Waals surface area contributed by atoms with Crippen molar-refractivity contribution < 1.29 is 30.7 Å². The Morgan fingerprint density at radius 1 is 0.759 bits per heavy atom.